The lowest BCUT2D eigenvalue weighted by Gasteiger charge is -2.17. The number of H-pyrrole nitrogens is 1. The van der Waals surface area contributed by atoms with Gasteiger partial charge in [-0.1, -0.05) is 12.1 Å². The summed E-state index contributed by atoms with van der Waals surface area (Å²) >= 11 is 0. The lowest BCUT2D eigenvalue weighted by molar-refractivity contribution is -0.129. The molecule has 7 heteroatoms. The number of nitrogens with zero attached hydrogens (tertiary/aromatic N) is 2. The fraction of sp³-hybridized carbons (Fsp3) is 0.294. The van der Waals surface area contributed by atoms with E-state index in [9.17, 15) is 14.4 Å². The second-order valence-corrected chi connectivity index (χ2v) is 5.70. The lowest BCUT2D eigenvalue weighted by atomic mass is 10.1. The largest absolute Gasteiger partial charge is 0.366 e. The maximum absolute atomic E-state index is 12.4. The van der Waals surface area contributed by atoms with Crippen LogP contribution in [0.2, 0.25) is 0 Å². The van der Waals surface area contributed by atoms with Crippen molar-refractivity contribution in [3.05, 3.63) is 62.8 Å². The molecule has 0 saturated heterocycles. The van der Waals surface area contributed by atoms with Crippen molar-refractivity contribution in [1.29, 1.82) is 0 Å². The van der Waals surface area contributed by atoms with Gasteiger partial charge in [-0.2, -0.15) is 0 Å². The first kappa shape index (κ1) is 17.4. The third-order valence-corrected chi connectivity index (χ3v) is 3.75. The highest BCUT2D eigenvalue weighted by Crippen LogP contribution is 2.08. The number of carbonyl (C=O) groups excluding carboxylic acids is 2. The van der Waals surface area contributed by atoms with Gasteiger partial charge in [0.05, 0.1) is 6.42 Å². The number of amides is 2. The minimum atomic E-state index is -0.493. The van der Waals surface area contributed by atoms with Gasteiger partial charge in [-0.3, -0.25) is 14.4 Å². The van der Waals surface area contributed by atoms with Crippen LogP contribution in [-0.4, -0.2) is 33.7 Å². The Morgan fingerprint density at radius 2 is 1.83 bits per heavy atom. The smallest absolute Gasteiger partial charge is 0.254 e. The molecule has 0 aliphatic rings. The summed E-state index contributed by atoms with van der Waals surface area (Å²) in [5, 5.41) is 0. The van der Waals surface area contributed by atoms with Gasteiger partial charge in [-0.15, -0.1) is 0 Å². The molecule has 0 saturated carbocycles. The first-order valence-corrected chi connectivity index (χ1v) is 7.47. The number of aryl methyl sites for hydroxylation is 2. The van der Waals surface area contributed by atoms with Crippen LogP contribution in [0, 0.1) is 13.8 Å². The zero-order valence-electron chi connectivity index (χ0n) is 13.9. The van der Waals surface area contributed by atoms with Gasteiger partial charge in [0.25, 0.3) is 5.56 Å². The normalized spacial score (nSPS) is 10.5. The molecule has 1 aromatic carbocycles. The van der Waals surface area contributed by atoms with Crippen LogP contribution < -0.4 is 11.3 Å². The average molecular weight is 328 g/mol. The van der Waals surface area contributed by atoms with Crippen molar-refractivity contribution in [1.82, 2.24) is 14.9 Å². The third kappa shape index (κ3) is 4.07. The molecule has 0 fully saturated rings. The molecule has 0 bridgehead atoms. The topological polar surface area (TPSA) is 109 Å². The molecule has 2 amide bonds. The number of aromatic nitrogens is 2. The van der Waals surface area contributed by atoms with Gasteiger partial charge < -0.3 is 15.6 Å². The monoisotopic (exact) mass is 328 g/mol. The maximum atomic E-state index is 12.4. The fourth-order valence-corrected chi connectivity index (χ4v) is 2.38. The SMILES string of the molecule is Cc1nc(C)c(CC(=O)N(C)Cc2ccc(C(N)=O)cc2)c(=O)[nH]1. The van der Waals surface area contributed by atoms with Crippen LogP contribution in [0.4, 0.5) is 0 Å². The number of likely N-dealkylation sites (N-methyl/N-ethyl adjacent to an activating group) is 1. The van der Waals surface area contributed by atoms with Crippen LogP contribution in [-0.2, 0) is 17.8 Å². The second-order valence-electron chi connectivity index (χ2n) is 5.70. The summed E-state index contributed by atoms with van der Waals surface area (Å²) in [5.74, 6) is -0.155. The Balaban J connectivity index is 2.07. The highest BCUT2D eigenvalue weighted by Gasteiger charge is 2.15. The highest BCUT2D eigenvalue weighted by atomic mass is 16.2. The molecule has 0 radical (unpaired) electrons. The molecule has 2 rings (SSSR count). The van der Waals surface area contributed by atoms with Crippen molar-refractivity contribution in [2.24, 2.45) is 5.73 Å². The van der Waals surface area contributed by atoms with Gasteiger partial charge >= 0.3 is 0 Å². The summed E-state index contributed by atoms with van der Waals surface area (Å²) in [4.78, 5) is 43.7. The van der Waals surface area contributed by atoms with E-state index in [-0.39, 0.29) is 17.9 Å². The molecule has 0 spiro atoms. The molecule has 0 aliphatic carbocycles. The zero-order chi connectivity index (χ0) is 17.9. The van der Waals surface area contributed by atoms with Crippen LogP contribution in [0.3, 0.4) is 0 Å². The minimum absolute atomic E-state index is 0.00961. The van der Waals surface area contributed by atoms with E-state index in [1.165, 1.54) is 4.90 Å². The molecule has 24 heavy (non-hydrogen) atoms. The number of nitrogens with one attached hydrogen (secondary N) is 1. The Kier molecular flexibility index (Phi) is 5.13. The molecule has 1 heterocycles. The highest BCUT2D eigenvalue weighted by molar-refractivity contribution is 5.92. The Morgan fingerprint density at radius 3 is 2.38 bits per heavy atom. The predicted octanol–water partition coefficient (Wildman–Crippen LogP) is 0.687. The Morgan fingerprint density at radius 1 is 1.21 bits per heavy atom. The van der Waals surface area contributed by atoms with Crippen LogP contribution in [0.5, 0.6) is 0 Å². The van der Waals surface area contributed by atoms with Gasteiger partial charge in [0.2, 0.25) is 11.8 Å². The number of hydrogen-bond acceptors (Lipinski definition) is 4. The fourth-order valence-electron chi connectivity index (χ4n) is 2.38. The Hall–Kier alpha value is -2.96. The van der Waals surface area contributed by atoms with Crippen molar-refractivity contribution in [2.45, 2.75) is 26.8 Å². The molecule has 7 nitrogen and oxygen atoms in total. The maximum Gasteiger partial charge on any atom is 0.254 e. The average Bonchev–Trinajstić information content (AvgIpc) is 2.51. The van der Waals surface area contributed by atoms with Gasteiger partial charge in [-0.25, -0.2) is 4.98 Å². The molecule has 0 atom stereocenters. The minimum Gasteiger partial charge on any atom is -0.366 e. The summed E-state index contributed by atoms with van der Waals surface area (Å²) in [7, 11) is 1.66. The van der Waals surface area contributed by atoms with Gasteiger partial charge in [0.1, 0.15) is 5.82 Å². The number of benzene rings is 1. The summed E-state index contributed by atoms with van der Waals surface area (Å²) in [5.41, 5.74) is 7.13. The number of rotatable bonds is 5. The molecule has 1 aromatic heterocycles. The van der Waals surface area contributed by atoms with Crippen LogP contribution in [0.25, 0.3) is 0 Å². The Bertz CT molecular complexity index is 825. The number of hydrogen-bond donors (Lipinski definition) is 2. The van der Waals surface area contributed by atoms with Crippen molar-refractivity contribution in [3.63, 3.8) is 0 Å². The molecular weight excluding hydrogens is 308 g/mol. The first-order valence-electron chi connectivity index (χ1n) is 7.47. The molecule has 0 aliphatic heterocycles. The van der Waals surface area contributed by atoms with E-state index in [0.717, 1.165) is 5.56 Å². The van der Waals surface area contributed by atoms with E-state index in [4.69, 9.17) is 5.73 Å². The lowest BCUT2D eigenvalue weighted by Crippen LogP contribution is -2.31. The van der Waals surface area contributed by atoms with Gasteiger partial charge in [0, 0.05) is 30.4 Å². The summed E-state index contributed by atoms with van der Waals surface area (Å²) in [6.07, 6.45) is -0.00961. The van der Waals surface area contributed by atoms with E-state index < -0.39 is 5.91 Å². The summed E-state index contributed by atoms with van der Waals surface area (Å²) in [6.45, 7) is 3.78. The molecule has 0 unspecified atom stereocenters. The van der Waals surface area contributed by atoms with E-state index in [1.54, 1.807) is 45.2 Å². The van der Waals surface area contributed by atoms with Crippen molar-refractivity contribution < 1.29 is 9.59 Å². The second kappa shape index (κ2) is 7.08. The zero-order valence-corrected chi connectivity index (χ0v) is 13.9. The summed E-state index contributed by atoms with van der Waals surface area (Å²) < 4.78 is 0. The van der Waals surface area contributed by atoms with Gasteiger partial charge in [0.15, 0.2) is 0 Å². The van der Waals surface area contributed by atoms with E-state index >= 15 is 0 Å². The van der Waals surface area contributed by atoms with Crippen LogP contribution in [0.15, 0.2) is 29.1 Å². The van der Waals surface area contributed by atoms with Crippen molar-refractivity contribution >= 4 is 11.8 Å². The van der Waals surface area contributed by atoms with Crippen molar-refractivity contribution in [3.8, 4) is 0 Å². The van der Waals surface area contributed by atoms with E-state index in [2.05, 4.69) is 9.97 Å². The van der Waals surface area contributed by atoms with E-state index in [1.807, 2.05) is 0 Å². The molecule has 2 aromatic rings. The first-order chi connectivity index (χ1) is 11.3. The van der Waals surface area contributed by atoms with Crippen molar-refractivity contribution in [2.75, 3.05) is 7.05 Å². The quantitative estimate of drug-likeness (QED) is 0.841. The number of nitrogens with two attached hydrogens (primary N) is 1. The summed E-state index contributed by atoms with van der Waals surface area (Å²) in [6, 6.07) is 6.73. The van der Waals surface area contributed by atoms with Crippen LogP contribution in [0.1, 0.15) is 33.0 Å². The van der Waals surface area contributed by atoms with Crippen LogP contribution >= 0.6 is 0 Å². The third-order valence-electron chi connectivity index (χ3n) is 3.75. The van der Waals surface area contributed by atoms with E-state index in [0.29, 0.717) is 29.2 Å². The number of primary amides is 1. The molecular formula is C17H20N4O3. The molecule has 126 valence electrons. The predicted molar refractivity (Wildman–Crippen MR) is 89.5 cm³/mol. The molecule has 3 N–H and O–H groups in total. The Labute approximate surface area is 139 Å². The van der Waals surface area contributed by atoms with Gasteiger partial charge in [-0.05, 0) is 31.5 Å². The standard InChI is InChI=1S/C17H20N4O3/c1-10-14(17(24)20-11(2)19-10)8-15(22)21(3)9-12-4-6-13(7-5-12)16(18)23/h4-7H,8-9H2,1-3H3,(H2,18,23)(H,19,20,24). The number of aromatic amines is 1. The number of carbonyl (C=O) groups is 2.